The zero-order chi connectivity index (χ0) is 7.84. The zero-order valence-corrected chi connectivity index (χ0v) is 6.31. The fraction of sp³-hybridized carbons (Fsp3) is 0.667. The third kappa shape index (κ3) is 1.02. The fourth-order valence-electron chi connectivity index (χ4n) is 1.31. The lowest BCUT2D eigenvalue weighted by molar-refractivity contribution is 0.284. The Bertz CT molecular complexity index is 211. The first-order valence-electron chi connectivity index (χ1n) is 3.57. The summed E-state index contributed by atoms with van der Waals surface area (Å²) >= 11 is 0. The Morgan fingerprint density at radius 2 is 2.36 bits per heavy atom. The summed E-state index contributed by atoms with van der Waals surface area (Å²) in [6, 6.07) is 0.139. The maximum atomic E-state index is 5.56. The quantitative estimate of drug-likeness (QED) is 0.448. The molecule has 2 heterocycles. The smallest absolute Gasteiger partial charge is 0.152 e. The molecule has 2 aliphatic heterocycles. The highest BCUT2D eigenvalue weighted by Gasteiger charge is 2.30. The van der Waals surface area contributed by atoms with Crippen molar-refractivity contribution in [2.24, 2.45) is 15.7 Å². The zero-order valence-electron chi connectivity index (χ0n) is 6.31. The van der Waals surface area contributed by atoms with Crippen LogP contribution in [0.15, 0.2) is 9.98 Å². The lowest BCUT2D eigenvalue weighted by Crippen LogP contribution is -2.56. The van der Waals surface area contributed by atoms with Gasteiger partial charge in [-0.1, -0.05) is 0 Å². The molecule has 0 spiro atoms. The van der Waals surface area contributed by atoms with Gasteiger partial charge in [-0.15, -0.1) is 0 Å². The fourth-order valence-corrected chi connectivity index (χ4v) is 1.31. The third-order valence-electron chi connectivity index (χ3n) is 1.92. The van der Waals surface area contributed by atoms with Crippen LogP contribution in [0, 0.1) is 0 Å². The van der Waals surface area contributed by atoms with Crippen LogP contribution in [0.25, 0.3) is 0 Å². The van der Waals surface area contributed by atoms with E-state index in [4.69, 9.17) is 5.73 Å². The molecule has 0 saturated heterocycles. The SMILES string of the molecule is CN1C=NC2C=NC(N)NC21. The maximum absolute atomic E-state index is 5.56. The Morgan fingerprint density at radius 1 is 1.55 bits per heavy atom. The van der Waals surface area contributed by atoms with Crippen molar-refractivity contribution in [1.82, 2.24) is 10.2 Å². The van der Waals surface area contributed by atoms with Crippen molar-refractivity contribution < 1.29 is 0 Å². The number of aliphatic imine (C=N–C) groups is 2. The van der Waals surface area contributed by atoms with Gasteiger partial charge in [-0.3, -0.25) is 21.0 Å². The van der Waals surface area contributed by atoms with Crippen molar-refractivity contribution >= 4 is 12.6 Å². The Morgan fingerprint density at radius 3 is 3.18 bits per heavy atom. The highest BCUT2D eigenvalue weighted by Crippen LogP contribution is 2.10. The summed E-state index contributed by atoms with van der Waals surface area (Å²) in [7, 11) is 1.97. The van der Waals surface area contributed by atoms with Gasteiger partial charge >= 0.3 is 0 Å². The highest BCUT2D eigenvalue weighted by molar-refractivity contribution is 5.74. The van der Waals surface area contributed by atoms with Gasteiger partial charge in [0.2, 0.25) is 0 Å². The van der Waals surface area contributed by atoms with Gasteiger partial charge in [-0.2, -0.15) is 0 Å². The van der Waals surface area contributed by atoms with Crippen LogP contribution in [0.5, 0.6) is 0 Å². The highest BCUT2D eigenvalue weighted by atomic mass is 15.4. The molecule has 0 aromatic carbocycles. The molecule has 0 radical (unpaired) electrons. The number of nitrogens with one attached hydrogen (secondary N) is 1. The molecule has 0 saturated carbocycles. The summed E-state index contributed by atoms with van der Waals surface area (Å²) in [5, 5.41) is 3.11. The Hall–Kier alpha value is -0.940. The van der Waals surface area contributed by atoms with Crippen molar-refractivity contribution in [1.29, 1.82) is 0 Å². The molecule has 2 rings (SSSR count). The normalized spacial score (nSPS) is 41.3. The molecule has 11 heavy (non-hydrogen) atoms. The van der Waals surface area contributed by atoms with Gasteiger partial charge in [-0.25, -0.2) is 0 Å². The number of fused-ring (bicyclic) bond motifs is 1. The van der Waals surface area contributed by atoms with E-state index in [2.05, 4.69) is 15.3 Å². The number of hydrogen-bond acceptors (Lipinski definition) is 5. The van der Waals surface area contributed by atoms with E-state index in [1.165, 1.54) is 0 Å². The topological polar surface area (TPSA) is 66.0 Å². The van der Waals surface area contributed by atoms with Gasteiger partial charge < -0.3 is 4.90 Å². The minimum atomic E-state index is -0.277. The molecule has 0 fully saturated rings. The summed E-state index contributed by atoms with van der Waals surface area (Å²) in [6.45, 7) is 0. The molecule has 60 valence electrons. The average Bonchev–Trinajstić information content (AvgIpc) is 2.33. The molecule has 3 atom stereocenters. The first kappa shape index (κ1) is 6.75. The second-order valence-electron chi connectivity index (χ2n) is 2.78. The van der Waals surface area contributed by atoms with Crippen LogP contribution in [-0.4, -0.2) is 43.0 Å². The Balaban J connectivity index is 2.17. The van der Waals surface area contributed by atoms with Crippen molar-refractivity contribution in [3.63, 3.8) is 0 Å². The first-order chi connectivity index (χ1) is 5.27. The van der Waals surface area contributed by atoms with E-state index in [9.17, 15) is 0 Å². The molecule has 2 aliphatic rings. The van der Waals surface area contributed by atoms with Gasteiger partial charge in [0.15, 0.2) is 6.29 Å². The van der Waals surface area contributed by atoms with Crippen molar-refractivity contribution in [3.8, 4) is 0 Å². The van der Waals surface area contributed by atoms with E-state index in [-0.39, 0.29) is 18.5 Å². The summed E-state index contributed by atoms with van der Waals surface area (Å²) in [5.74, 6) is 0. The minimum Gasteiger partial charge on any atom is -0.348 e. The number of likely N-dealkylation sites (N-methyl/N-ethyl adjacent to an activating group) is 1. The van der Waals surface area contributed by atoms with Gasteiger partial charge in [0.05, 0.1) is 6.34 Å². The molecular weight excluding hydrogens is 142 g/mol. The molecular formula is C6H11N5. The Labute approximate surface area is 65.0 Å². The molecule has 0 aromatic heterocycles. The number of nitrogens with two attached hydrogens (primary N) is 1. The predicted octanol–water partition coefficient (Wildman–Crippen LogP) is -1.43. The molecule has 0 aromatic rings. The van der Waals surface area contributed by atoms with Gasteiger partial charge in [0, 0.05) is 13.3 Å². The number of rotatable bonds is 0. The van der Waals surface area contributed by atoms with Crippen LogP contribution >= 0.6 is 0 Å². The second-order valence-corrected chi connectivity index (χ2v) is 2.78. The standard InChI is InChI=1S/C6H11N5/c1-11-3-9-4-2-8-6(7)10-5(4)11/h2-6,10H,7H2,1H3. The van der Waals surface area contributed by atoms with E-state index in [0.29, 0.717) is 0 Å². The predicted molar refractivity (Wildman–Crippen MR) is 43.4 cm³/mol. The van der Waals surface area contributed by atoms with Crippen LogP contribution in [0.4, 0.5) is 0 Å². The number of nitrogens with zero attached hydrogens (tertiary/aromatic N) is 3. The van der Waals surface area contributed by atoms with Gasteiger partial charge in [0.25, 0.3) is 0 Å². The van der Waals surface area contributed by atoms with Crippen LogP contribution in [-0.2, 0) is 0 Å². The van der Waals surface area contributed by atoms with Gasteiger partial charge in [-0.05, 0) is 0 Å². The molecule has 0 bridgehead atoms. The van der Waals surface area contributed by atoms with Crippen molar-refractivity contribution in [3.05, 3.63) is 0 Å². The molecule has 3 N–H and O–H groups in total. The summed E-state index contributed by atoms with van der Waals surface area (Å²) in [4.78, 5) is 10.2. The monoisotopic (exact) mass is 153 g/mol. The van der Waals surface area contributed by atoms with Crippen molar-refractivity contribution in [2.75, 3.05) is 7.05 Å². The van der Waals surface area contributed by atoms with Crippen LogP contribution in [0.1, 0.15) is 0 Å². The van der Waals surface area contributed by atoms with Gasteiger partial charge in [0.1, 0.15) is 12.2 Å². The molecule has 5 nitrogen and oxygen atoms in total. The second kappa shape index (κ2) is 2.28. The first-order valence-corrected chi connectivity index (χ1v) is 3.57. The van der Waals surface area contributed by atoms with E-state index < -0.39 is 0 Å². The molecule has 5 heteroatoms. The molecule has 3 unspecified atom stereocenters. The van der Waals surface area contributed by atoms with E-state index in [1.54, 1.807) is 12.6 Å². The van der Waals surface area contributed by atoms with Crippen LogP contribution in [0.3, 0.4) is 0 Å². The van der Waals surface area contributed by atoms with Crippen molar-refractivity contribution in [2.45, 2.75) is 18.5 Å². The average molecular weight is 153 g/mol. The van der Waals surface area contributed by atoms with E-state index in [0.717, 1.165) is 0 Å². The Kier molecular flexibility index (Phi) is 1.40. The van der Waals surface area contributed by atoms with E-state index >= 15 is 0 Å². The largest absolute Gasteiger partial charge is 0.348 e. The maximum Gasteiger partial charge on any atom is 0.152 e. The lowest BCUT2D eigenvalue weighted by atomic mass is 10.2. The van der Waals surface area contributed by atoms with Crippen LogP contribution in [0.2, 0.25) is 0 Å². The molecule has 0 amide bonds. The number of hydrogen-bond donors (Lipinski definition) is 2. The summed E-state index contributed by atoms with van der Waals surface area (Å²) in [6.07, 6.45) is 3.51. The summed E-state index contributed by atoms with van der Waals surface area (Å²) in [5.41, 5.74) is 5.56. The summed E-state index contributed by atoms with van der Waals surface area (Å²) < 4.78 is 0. The van der Waals surface area contributed by atoms with E-state index in [1.807, 2.05) is 11.9 Å². The lowest BCUT2D eigenvalue weighted by Gasteiger charge is -2.29. The third-order valence-corrected chi connectivity index (χ3v) is 1.92. The van der Waals surface area contributed by atoms with Crippen LogP contribution < -0.4 is 11.1 Å². The minimum absolute atomic E-state index is 0.139. The molecule has 0 aliphatic carbocycles.